The number of carbonyl (C=O) groups excluding carboxylic acids is 2. The first-order chi connectivity index (χ1) is 11.5. The van der Waals surface area contributed by atoms with Crippen molar-refractivity contribution >= 4 is 33.5 Å². The summed E-state index contributed by atoms with van der Waals surface area (Å²) in [5.74, 6) is -0.936. The van der Waals surface area contributed by atoms with Crippen LogP contribution >= 0.6 is 15.9 Å². The molecule has 1 N–H and O–H groups in total. The number of nitrogens with one attached hydrogen (secondary N) is 1. The van der Waals surface area contributed by atoms with Crippen LogP contribution in [-0.4, -0.2) is 25.6 Å². The maximum atomic E-state index is 11.9. The van der Waals surface area contributed by atoms with E-state index in [4.69, 9.17) is 9.47 Å². The van der Waals surface area contributed by atoms with Crippen LogP contribution < -0.4 is 5.32 Å². The van der Waals surface area contributed by atoms with E-state index in [0.29, 0.717) is 17.9 Å². The Bertz CT molecular complexity index is 728. The topological polar surface area (TPSA) is 64.6 Å². The molecule has 2 rings (SSSR count). The van der Waals surface area contributed by atoms with Crippen molar-refractivity contribution in [2.75, 3.05) is 19.0 Å². The molecule has 0 radical (unpaired) electrons. The lowest BCUT2D eigenvalue weighted by Crippen LogP contribution is -2.21. The third-order valence-corrected chi connectivity index (χ3v) is 4.14. The van der Waals surface area contributed by atoms with Crippen molar-refractivity contribution in [3.8, 4) is 0 Å². The predicted molar refractivity (Wildman–Crippen MR) is 94.9 cm³/mol. The second-order valence-corrected chi connectivity index (χ2v) is 6.07. The molecule has 1 amide bonds. The number of amides is 1. The third kappa shape index (κ3) is 5.18. The Balaban J connectivity index is 1.86. The fourth-order valence-electron chi connectivity index (χ4n) is 1.99. The molecular weight excluding hydrogens is 374 g/mol. The standard InChI is InChI=1S/C18H18BrNO4/c1-12-3-8-15(9-16(12)19)20-17(21)11-24-18(22)14-6-4-13(5-7-14)10-23-2/h3-9H,10-11H2,1-2H3,(H,20,21). The van der Waals surface area contributed by atoms with E-state index in [9.17, 15) is 9.59 Å². The van der Waals surface area contributed by atoms with Crippen molar-refractivity contribution in [3.63, 3.8) is 0 Å². The normalized spacial score (nSPS) is 10.3. The monoisotopic (exact) mass is 391 g/mol. The first-order valence-electron chi connectivity index (χ1n) is 7.30. The van der Waals surface area contributed by atoms with Gasteiger partial charge in [0.1, 0.15) is 0 Å². The van der Waals surface area contributed by atoms with Crippen molar-refractivity contribution in [1.29, 1.82) is 0 Å². The number of halogens is 1. The number of hydrogen-bond donors (Lipinski definition) is 1. The highest BCUT2D eigenvalue weighted by atomic mass is 79.9. The van der Waals surface area contributed by atoms with E-state index < -0.39 is 11.9 Å². The largest absolute Gasteiger partial charge is 0.452 e. The summed E-state index contributed by atoms with van der Waals surface area (Å²) in [5.41, 5.74) is 3.05. The van der Waals surface area contributed by atoms with Gasteiger partial charge < -0.3 is 14.8 Å². The number of benzene rings is 2. The van der Waals surface area contributed by atoms with Gasteiger partial charge >= 0.3 is 5.97 Å². The third-order valence-electron chi connectivity index (χ3n) is 3.29. The van der Waals surface area contributed by atoms with Crippen molar-refractivity contribution in [2.45, 2.75) is 13.5 Å². The van der Waals surface area contributed by atoms with Gasteiger partial charge in [-0.15, -0.1) is 0 Å². The Morgan fingerprint density at radius 3 is 2.46 bits per heavy atom. The van der Waals surface area contributed by atoms with E-state index in [1.807, 2.05) is 13.0 Å². The molecule has 0 aromatic heterocycles. The Morgan fingerprint density at radius 2 is 1.83 bits per heavy atom. The van der Waals surface area contributed by atoms with Gasteiger partial charge in [-0.05, 0) is 42.3 Å². The summed E-state index contributed by atoms with van der Waals surface area (Å²) in [5, 5.41) is 2.68. The Hall–Kier alpha value is -2.18. The minimum atomic E-state index is -0.542. The van der Waals surface area contributed by atoms with Crippen molar-refractivity contribution in [3.05, 3.63) is 63.6 Å². The van der Waals surface area contributed by atoms with Gasteiger partial charge in [-0.25, -0.2) is 4.79 Å². The molecule has 24 heavy (non-hydrogen) atoms. The van der Waals surface area contributed by atoms with E-state index in [-0.39, 0.29) is 6.61 Å². The van der Waals surface area contributed by atoms with Crippen LogP contribution in [0.2, 0.25) is 0 Å². The van der Waals surface area contributed by atoms with Gasteiger partial charge in [-0.1, -0.05) is 34.1 Å². The molecule has 0 bridgehead atoms. The molecule has 0 atom stereocenters. The quantitative estimate of drug-likeness (QED) is 0.762. The minimum absolute atomic E-state index is 0.343. The average molecular weight is 392 g/mol. The fraction of sp³-hybridized carbons (Fsp3) is 0.222. The summed E-state index contributed by atoms with van der Waals surface area (Å²) in [6, 6.07) is 12.3. The van der Waals surface area contributed by atoms with Crippen LogP contribution in [0.25, 0.3) is 0 Å². The number of methoxy groups -OCH3 is 1. The summed E-state index contributed by atoms with van der Waals surface area (Å²) in [6.07, 6.45) is 0. The Kier molecular flexibility index (Phi) is 6.52. The second kappa shape index (κ2) is 8.61. The molecule has 0 unspecified atom stereocenters. The van der Waals surface area contributed by atoms with Gasteiger partial charge in [-0.2, -0.15) is 0 Å². The van der Waals surface area contributed by atoms with Gasteiger partial charge in [-0.3, -0.25) is 4.79 Å². The molecule has 0 fully saturated rings. The molecule has 0 aliphatic heterocycles. The van der Waals surface area contributed by atoms with Crippen LogP contribution in [0.3, 0.4) is 0 Å². The van der Waals surface area contributed by atoms with Crippen LogP contribution in [0.5, 0.6) is 0 Å². The zero-order chi connectivity index (χ0) is 17.5. The summed E-state index contributed by atoms with van der Waals surface area (Å²) in [4.78, 5) is 23.8. The van der Waals surface area contributed by atoms with Crippen molar-refractivity contribution in [2.24, 2.45) is 0 Å². The molecular formula is C18H18BrNO4. The summed E-state index contributed by atoms with van der Waals surface area (Å²) < 4.78 is 10.9. The molecule has 0 aliphatic carbocycles. The highest BCUT2D eigenvalue weighted by Crippen LogP contribution is 2.20. The van der Waals surface area contributed by atoms with Crippen LogP contribution in [0.15, 0.2) is 46.9 Å². The summed E-state index contributed by atoms with van der Waals surface area (Å²) in [6.45, 7) is 2.09. The van der Waals surface area contributed by atoms with Gasteiger partial charge in [0.05, 0.1) is 12.2 Å². The van der Waals surface area contributed by atoms with Gasteiger partial charge in [0.25, 0.3) is 5.91 Å². The van der Waals surface area contributed by atoms with Crippen LogP contribution in [0, 0.1) is 6.92 Å². The molecule has 126 valence electrons. The second-order valence-electron chi connectivity index (χ2n) is 5.22. The van der Waals surface area contributed by atoms with Crippen molar-refractivity contribution in [1.82, 2.24) is 0 Å². The molecule has 0 saturated heterocycles. The highest BCUT2D eigenvalue weighted by Gasteiger charge is 2.11. The number of carbonyl (C=O) groups is 2. The van der Waals surface area contributed by atoms with Gasteiger partial charge in [0, 0.05) is 17.3 Å². The molecule has 2 aromatic carbocycles. The van der Waals surface area contributed by atoms with E-state index in [2.05, 4.69) is 21.2 Å². The maximum absolute atomic E-state index is 11.9. The van der Waals surface area contributed by atoms with Crippen LogP contribution in [0.4, 0.5) is 5.69 Å². The zero-order valence-corrected chi connectivity index (χ0v) is 15.1. The first-order valence-corrected chi connectivity index (χ1v) is 8.10. The zero-order valence-electron chi connectivity index (χ0n) is 13.5. The lowest BCUT2D eigenvalue weighted by Gasteiger charge is -2.08. The Morgan fingerprint density at radius 1 is 1.12 bits per heavy atom. The number of rotatable bonds is 6. The maximum Gasteiger partial charge on any atom is 0.338 e. The lowest BCUT2D eigenvalue weighted by molar-refractivity contribution is -0.119. The molecule has 0 spiro atoms. The molecule has 6 heteroatoms. The predicted octanol–water partition coefficient (Wildman–Crippen LogP) is 3.70. The van der Waals surface area contributed by atoms with E-state index in [1.54, 1.807) is 43.5 Å². The fourth-order valence-corrected chi connectivity index (χ4v) is 2.36. The highest BCUT2D eigenvalue weighted by molar-refractivity contribution is 9.10. The molecule has 2 aromatic rings. The molecule has 0 saturated carbocycles. The number of anilines is 1. The van der Waals surface area contributed by atoms with Crippen LogP contribution in [-0.2, 0) is 20.9 Å². The SMILES string of the molecule is COCc1ccc(C(=O)OCC(=O)Nc2ccc(C)c(Br)c2)cc1. The lowest BCUT2D eigenvalue weighted by atomic mass is 10.1. The number of hydrogen-bond acceptors (Lipinski definition) is 4. The van der Waals surface area contributed by atoms with Crippen molar-refractivity contribution < 1.29 is 19.1 Å². The summed E-state index contributed by atoms with van der Waals surface area (Å²) >= 11 is 3.40. The summed E-state index contributed by atoms with van der Waals surface area (Å²) in [7, 11) is 1.60. The molecule has 5 nitrogen and oxygen atoms in total. The molecule has 0 heterocycles. The number of ether oxygens (including phenoxy) is 2. The van der Waals surface area contributed by atoms with Gasteiger partial charge in [0.15, 0.2) is 6.61 Å². The van der Waals surface area contributed by atoms with E-state index >= 15 is 0 Å². The smallest absolute Gasteiger partial charge is 0.338 e. The molecule has 0 aliphatic rings. The first kappa shape index (κ1) is 18.2. The Labute approximate surface area is 149 Å². The number of aryl methyl sites for hydroxylation is 1. The van der Waals surface area contributed by atoms with Crippen LogP contribution in [0.1, 0.15) is 21.5 Å². The number of esters is 1. The van der Waals surface area contributed by atoms with E-state index in [1.165, 1.54) is 0 Å². The van der Waals surface area contributed by atoms with Gasteiger partial charge in [0.2, 0.25) is 0 Å². The van der Waals surface area contributed by atoms with E-state index in [0.717, 1.165) is 15.6 Å². The minimum Gasteiger partial charge on any atom is -0.452 e. The average Bonchev–Trinajstić information content (AvgIpc) is 2.57.